The number of carbonyl (C=O) groups is 2. The van der Waals surface area contributed by atoms with Crippen LogP contribution < -0.4 is 5.32 Å². The van der Waals surface area contributed by atoms with E-state index in [0.29, 0.717) is 0 Å². The van der Waals surface area contributed by atoms with Crippen molar-refractivity contribution in [2.75, 3.05) is 27.1 Å². The Morgan fingerprint density at radius 2 is 1.67 bits per heavy atom. The standard InChI is InChI=1S/C21H31NO10S/c1-13(23)22-16(20(27-4)28-5)18-17(30-21(2,3)31-18)15(32-33(6,25)26)12-29-19(24)14-10-8-7-9-11-14/h7-11,15-18,20H,12H2,1-6H3,(H,22,23)/t15-,16-,17-,18-/m1/s1. The summed E-state index contributed by atoms with van der Waals surface area (Å²) in [4.78, 5) is 24.3. The highest BCUT2D eigenvalue weighted by Crippen LogP contribution is 2.34. The average molecular weight is 490 g/mol. The molecule has 1 aromatic rings. The van der Waals surface area contributed by atoms with Crippen LogP contribution in [-0.4, -0.2) is 83.8 Å². The van der Waals surface area contributed by atoms with Crippen LogP contribution in [0.5, 0.6) is 0 Å². The van der Waals surface area contributed by atoms with Gasteiger partial charge in [0.2, 0.25) is 5.91 Å². The van der Waals surface area contributed by atoms with Crippen LogP contribution in [0.1, 0.15) is 31.1 Å². The second kappa shape index (κ2) is 11.4. The van der Waals surface area contributed by atoms with E-state index in [9.17, 15) is 18.0 Å². The molecule has 1 aromatic carbocycles. The molecule has 0 unspecified atom stereocenters. The predicted octanol–water partition coefficient (Wildman–Crippen LogP) is 0.832. The first-order chi connectivity index (χ1) is 15.4. The van der Waals surface area contributed by atoms with Crippen LogP contribution in [0.3, 0.4) is 0 Å². The van der Waals surface area contributed by atoms with Gasteiger partial charge in [-0.25, -0.2) is 4.79 Å². The normalized spacial score (nSPS) is 22.0. The fraction of sp³-hybridized carbons (Fsp3) is 0.619. The van der Waals surface area contributed by atoms with Gasteiger partial charge in [-0.1, -0.05) is 18.2 Å². The van der Waals surface area contributed by atoms with Gasteiger partial charge in [-0.3, -0.25) is 8.98 Å². The van der Waals surface area contributed by atoms with E-state index in [1.165, 1.54) is 21.1 Å². The van der Waals surface area contributed by atoms with Crippen molar-refractivity contribution in [1.29, 1.82) is 0 Å². The minimum absolute atomic E-state index is 0.283. The van der Waals surface area contributed by atoms with E-state index in [2.05, 4.69) is 5.32 Å². The van der Waals surface area contributed by atoms with Crippen LogP contribution in [0.4, 0.5) is 0 Å². The minimum Gasteiger partial charge on any atom is -0.459 e. The van der Waals surface area contributed by atoms with Gasteiger partial charge in [0.1, 0.15) is 31.0 Å². The van der Waals surface area contributed by atoms with Crippen molar-refractivity contribution in [3.05, 3.63) is 35.9 Å². The number of ether oxygens (including phenoxy) is 5. The molecule has 33 heavy (non-hydrogen) atoms. The van der Waals surface area contributed by atoms with E-state index < -0.39 is 65.0 Å². The molecule has 1 fully saturated rings. The Morgan fingerprint density at radius 3 is 2.18 bits per heavy atom. The van der Waals surface area contributed by atoms with Gasteiger partial charge in [0.15, 0.2) is 12.1 Å². The second-order valence-corrected chi connectivity index (χ2v) is 9.53. The lowest BCUT2D eigenvalue weighted by Gasteiger charge is -2.33. The first-order valence-electron chi connectivity index (χ1n) is 10.2. The molecule has 4 atom stereocenters. The van der Waals surface area contributed by atoms with Gasteiger partial charge in [0.25, 0.3) is 10.1 Å². The largest absolute Gasteiger partial charge is 0.459 e. The number of methoxy groups -OCH3 is 2. The monoisotopic (exact) mass is 489 g/mol. The van der Waals surface area contributed by atoms with Crippen LogP contribution in [0.2, 0.25) is 0 Å². The zero-order valence-corrected chi connectivity index (χ0v) is 20.3. The molecule has 1 amide bonds. The van der Waals surface area contributed by atoms with Crippen molar-refractivity contribution >= 4 is 22.0 Å². The Balaban J connectivity index is 2.35. The van der Waals surface area contributed by atoms with E-state index in [0.717, 1.165) is 6.26 Å². The van der Waals surface area contributed by atoms with Crippen molar-refractivity contribution in [1.82, 2.24) is 5.32 Å². The Labute approximate surface area is 193 Å². The quantitative estimate of drug-likeness (QED) is 0.270. The predicted molar refractivity (Wildman–Crippen MR) is 116 cm³/mol. The minimum atomic E-state index is -3.99. The molecule has 11 nitrogen and oxygen atoms in total. The van der Waals surface area contributed by atoms with Gasteiger partial charge in [0.05, 0.1) is 11.8 Å². The number of hydrogen-bond acceptors (Lipinski definition) is 10. The molecule has 1 aliphatic rings. The highest BCUT2D eigenvalue weighted by molar-refractivity contribution is 7.86. The van der Waals surface area contributed by atoms with E-state index in [-0.39, 0.29) is 5.56 Å². The molecule has 1 heterocycles. The van der Waals surface area contributed by atoms with Crippen molar-refractivity contribution in [3.8, 4) is 0 Å². The van der Waals surface area contributed by atoms with Gasteiger partial charge in [0, 0.05) is 21.1 Å². The number of rotatable bonds is 11. The number of nitrogens with one attached hydrogen (secondary N) is 1. The zero-order chi connectivity index (χ0) is 24.8. The van der Waals surface area contributed by atoms with Crippen molar-refractivity contribution in [2.45, 2.75) is 57.2 Å². The lowest BCUT2D eigenvalue weighted by molar-refractivity contribution is -0.175. The third kappa shape index (κ3) is 8.02. The summed E-state index contributed by atoms with van der Waals surface area (Å²) in [6.45, 7) is 4.08. The van der Waals surface area contributed by atoms with Crippen molar-refractivity contribution in [2.24, 2.45) is 0 Å². The average Bonchev–Trinajstić information content (AvgIpc) is 3.05. The summed E-state index contributed by atoms with van der Waals surface area (Å²) in [7, 11) is -1.23. The second-order valence-electron chi connectivity index (χ2n) is 7.93. The van der Waals surface area contributed by atoms with Gasteiger partial charge < -0.3 is 29.0 Å². The summed E-state index contributed by atoms with van der Waals surface area (Å²) in [5.41, 5.74) is 0.283. The molecule has 186 valence electrons. The summed E-state index contributed by atoms with van der Waals surface area (Å²) < 4.78 is 57.1. The molecular weight excluding hydrogens is 458 g/mol. The van der Waals surface area contributed by atoms with Gasteiger partial charge in [-0.05, 0) is 26.0 Å². The molecule has 2 rings (SSSR count). The Bertz CT molecular complexity index is 901. The van der Waals surface area contributed by atoms with Gasteiger partial charge in [-0.15, -0.1) is 0 Å². The Hall–Kier alpha value is -2.09. The number of carbonyl (C=O) groups excluding carboxylic acids is 2. The SMILES string of the molecule is COC(OC)[C@H](NC(C)=O)[C@H]1OC(C)(C)O[C@@H]1[C@@H](COC(=O)c1ccccc1)OS(C)(=O)=O. The lowest BCUT2D eigenvalue weighted by atomic mass is 10.0. The van der Waals surface area contributed by atoms with E-state index in [1.807, 2.05) is 0 Å². The molecule has 0 bridgehead atoms. The first-order valence-corrected chi connectivity index (χ1v) is 12.0. The van der Waals surface area contributed by atoms with E-state index in [4.69, 9.17) is 27.9 Å². The molecular formula is C21H31NO10S. The van der Waals surface area contributed by atoms with Gasteiger partial charge >= 0.3 is 5.97 Å². The summed E-state index contributed by atoms with van der Waals surface area (Å²) in [6.07, 6.45) is -3.43. The van der Waals surface area contributed by atoms with Crippen LogP contribution in [0.25, 0.3) is 0 Å². The lowest BCUT2D eigenvalue weighted by Crippen LogP contribution is -2.57. The van der Waals surface area contributed by atoms with Crippen LogP contribution in [0, 0.1) is 0 Å². The number of benzene rings is 1. The maximum absolute atomic E-state index is 12.4. The fourth-order valence-electron chi connectivity index (χ4n) is 3.53. The smallest absolute Gasteiger partial charge is 0.338 e. The number of hydrogen-bond donors (Lipinski definition) is 1. The third-order valence-electron chi connectivity index (χ3n) is 4.70. The Morgan fingerprint density at radius 1 is 1.09 bits per heavy atom. The highest BCUT2D eigenvalue weighted by Gasteiger charge is 2.52. The maximum atomic E-state index is 12.4. The third-order valence-corrected chi connectivity index (χ3v) is 5.30. The van der Waals surface area contributed by atoms with Crippen molar-refractivity contribution < 1.29 is 45.9 Å². The molecule has 0 saturated carbocycles. The number of amides is 1. The van der Waals surface area contributed by atoms with Crippen LogP contribution in [-0.2, 0) is 42.8 Å². The summed E-state index contributed by atoms with van der Waals surface area (Å²) >= 11 is 0. The van der Waals surface area contributed by atoms with E-state index in [1.54, 1.807) is 44.2 Å². The topological polar surface area (TPSA) is 136 Å². The molecule has 12 heteroatoms. The number of esters is 1. The summed E-state index contributed by atoms with van der Waals surface area (Å²) in [5, 5.41) is 2.69. The Kier molecular flexibility index (Phi) is 9.35. The molecule has 0 spiro atoms. The first kappa shape index (κ1) is 27.2. The molecule has 0 aromatic heterocycles. The fourth-order valence-corrected chi connectivity index (χ4v) is 4.14. The molecule has 0 aliphatic carbocycles. The molecule has 1 aliphatic heterocycles. The molecule has 1 N–H and O–H groups in total. The molecule has 1 saturated heterocycles. The molecule has 0 radical (unpaired) electrons. The summed E-state index contributed by atoms with van der Waals surface area (Å²) in [6, 6.07) is 7.30. The summed E-state index contributed by atoms with van der Waals surface area (Å²) in [5.74, 6) is -2.25. The zero-order valence-electron chi connectivity index (χ0n) is 19.5. The maximum Gasteiger partial charge on any atom is 0.338 e. The van der Waals surface area contributed by atoms with E-state index >= 15 is 0 Å². The highest BCUT2D eigenvalue weighted by atomic mass is 32.2. The van der Waals surface area contributed by atoms with Crippen molar-refractivity contribution in [3.63, 3.8) is 0 Å². The van der Waals surface area contributed by atoms with Gasteiger partial charge in [-0.2, -0.15) is 8.42 Å². The van der Waals surface area contributed by atoms with Crippen LogP contribution in [0.15, 0.2) is 30.3 Å². The van der Waals surface area contributed by atoms with Crippen LogP contribution >= 0.6 is 0 Å².